The van der Waals surface area contributed by atoms with E-state index in [1.807, 2.05) is 17.6 Å². The standard InChI is InChI=1S/C6H10N4O/c7-10-6(11)9-4-5-2-1-3-8-5/h1-3,8H,4,7H2,(H2,9,10,11). The number of aromatic nitrogens is 1. The maximum atomic E-state index is 10.5. The highest BCUT2D eigenvalue weighted by atomic mass is 16.2. The number of rotatable bonds is 2. The lowest BCUT2D eigenvalue weighted by Crippen LogP contribution is -2.39. The SMILES string of the molecule is NNC(=O)NCc1ccc[nH]1. The molecule has 0 unspecified atom stereocenters. The van der Waals surface area contributed by atoms with Gasteiger partial charge >= 0.3 is 6.03 Å². The fourth-order valence-electron chi connectivity index (χ4n) is 0.704. The second kappa shape index (κ2) is 3.62. The summed E-state index contributed by atoms with van der Waals surface area (Å²) in [6, 6.07) is 3.34. The highest BCUT2D eigenvalue weighted by Gasteiger charge is 1.95. The number of hydrogen-bond donors (Lipinski definition) is 4. The molecule has 2 amide bonds. The Bertz CT molecular complexity index is 218. The first kappa shape index (κ1) is 7.62. The van der Waals surface area contributed by atoms with Crippen molar-refractivity contribution in [3.05, 3.63) is 24.0 Å². The minimum Gasteiger partial charge on any atom is -0.364 e. The van der Waals surface area contributed by atoms with Gasteiger partial charge in [0.05, 0.1) is 6.54 Å². The van der Waals surface area contributed by atoms with Crippen LogP contribution in [-0.4, -0.2) is 11.0 Å². The van der Waals surface area contributed by atoms with Gasteiger partial charge in [0.1, 0.15) is 0 Å². The Morgan fingerprint density at radius 1 is 1.73 bits per heavy atom. The highest BCUT2D eigenvalue weighted by molar-refractivity contribution is 5.72. The Labute approximate surface area is 63.9 Å². The molecule has 0 saturated carbocycles. The van der Waals surface area contributed by atoms with Crippen molar-refractivity contribution in [3.63, 3.8) is 0 Å². The van der Waals surface area contributed by atoms with Crippen LogP contribution in [-0.2, 0) is 6.54 Å². The Balaban J connectivity index is 2.29. The zero-order valence-electron chi connectivity index (χ0n) is 5.92. The molecule has 0 atom stereocenters. The predicted octanol–water partition coefficient (Wildman–Crippen LogP) is -0.312. The van der Waals surface area contributed by atoms with E-state index in [9.17, 15) is 4.79 Å². The first-order valence-corrected chi connectivity index (χ1v) is 3.19. The fourth-order valence-corrected chi connectivity index (χ4v) is 0.704. The van der Waals surface area contributed by atoms with Gasteiger partial charge in [0.25, 0.3) is 0 Å². The van der Waals surface area contributed by atoms with Crippen LogP contribution in [0.15, 0.2) is 18.3 Å². The van der Waals surface area contributed by atoms with Crippen LogP contribution in [0.5, 0.6) is 0 Å². The van der Waals surface area contributed by atoms with E-state index in [0.29, 0.717) is 6.54 Å². The number of hydrazine groups is 1. The van der Waals surface area contributed by atoms with Crippen LogP contribution in [0.1, 0.15) is 5.69 Å². The number of hydrogen-bond acceptors (Lipinski definition) is 2. The number of urea groups is 1. The molecule has 0 aliphatic heterocycles. The number of carbonyl (C=O) groups excluding carboxylic acids is 1. The minimum atomic E-state index is -0.389. The van der Waals surface area contributed by atoms with Crippen molar-refractivity contribution in [2.45, 2.75) is 6.54 Å². The molecule has 1 aromatic rings. The van der Waals surface area contributed by atoms with Crippen LogP contribution < -0.4 is 16.6 Å². The minimum absolute atomic E-state index is 0.389. The topological polar surface area (TPSA) is 82.9 Å². The summed E-state index contributed by atoms with van der Waals surface area (Å²) in [7, 11) is 0. The van der Waals surface area contributed by atoms with E-state index >= 15 is 0 Å². The van der Waals surface area contributed by atoms with E-state index in [2.05, 4.69) is 10.3 Å². The molecule has 0 aromatic carbocycles. The molecule has 11 heavy (non-hydrogen) atoms. The van der Waals surface area contributed by atoms with Crippen LogP contribution in [0.4, 0.5) is 4.79 Å². The van der Waals surface area contributed by atoms with E-state index in [1.165, 1.54) is 0 Å². The molecule has 0 radical (unpaired) electrons. The second-order valence-corrected chi connectivity index (χ2v) is 2.02. The Morgan fingerprint density at radius 3 is 3.09 bits per heavy atom. The van der Waals surface area contributed by atoms with Gasteiger partial charge in [-0.05, 0) is 12.1 Å². The van der Waals surface area contributed by atoms with Gasteiger partial charge in [0.2, 0.25) is 0 Å². The molecule has 0 aliphatic rings. The van der Waals surface area contributed by atoms with Gasteiger partial charge in [-0.15, -0.1) is 0 Å². The van der Waals surface area contributed by atoms with E-state index in [-0.39, 0.29) is 6.03 Å². The second-order valence-electron chi connectivity index (χ2n) is 2.02. The lowest BCUT2D eigenvalue weighted by atomic mass is 10.4. The van der Waals surface area contributed by atoms with Crippen molar-refractivity contribution < 1.29 is 4.79 Å². The normalized spacial score (nSPS) is 9.18. The molecule has 1 aromatic heterocycles. The first-order chi connectivity index (χ1) is 5.33. The van der Waals surface area contributed by atoms with Crippen molar-refractivity contribution in [1.82, 2.24) is 15.7 Å². The quantitative estimate of drug-likeness (QED) is 0.267. The smallest absolute Gasteiger partial charge is 0.329 e. The summed E-state index contributed by atoms with van der Waals surface area (Å²) in [4.78, 5) is 13.5. The number of nitrogens with two attached hydrogens (primary N) is 1. The molecule has 1 rings (SSSR count). The molecule has 5 N–H and O–H groups in total. The lowest BCUT2D eigenvalue weighted by molar-refractivity contribution is 0.240. The summed E-state index contributed by atoms with van der Waals surface area (Å²) in [5, 5.41) is 2.53. The predicted molar refractivity (Wildman–Crippen MR) is 40.4 cm³/mol. The average molecular weight is 154 g/mol. The molecule has 0 saturated heterocycles. The average Bonchev–Trinajstić information content (AvgIpc) is 2.52. The summed E-state index contributed by atoms with van der Waals surface area (Å²) < 4.78 is 0. The molecule has 0 fully saturated rings. The molecule has 60 valence electrons. The summed E-state index contributed by atoms with van der Waals surface area (Å²) in [5.41, 5.74) is 2.90. The van der Waals surface area contributed by atoms with Crippen LogP contribution in [0.25, 0.3) is 0 Å². The van der Waals surface area contributed by atoms with Gasteiger partial charge in [0, 0.05) is 11.9 Å². The van der Waals surface area contributed by atoms with E-state index in [1.54, 1.807) is 6.20 Å². The number of H-pyrrole nitrogens is 1. The first-order valence-electron chi connectivity index (χ1n) is 3.19. The number of aromatic amines is 1. The molecular weight excluding hydrogens is 144 g/mol. The number of amides is 2. The van der Waals surface area contributed by atoms with E-state index in [4.69, 9.17) is 5.84 Å². The molecule has 0 bridgehead atoms. The number of nitrogens with one attached hydrogen (secondary N) is 3. The highest BCUT2D eigenvalue weighted by Crippen LogP contribution is 1.91. The van der Waals surface area contributed by atoms with Crippen LogP contribution in [0.3, 0.4) is 0 Å². The maximum Gasteiger partial charge on any atom is 0.329 e. The van der Waals surface area contributed by atoms with Gasteiger partial charge in [-0.2, -0.15) is 0 Å². The van der Waals surface area contributed by atoms with Gasteiger partial charge in [0.15, 0.2) is 0 Å². The van der Waals surface area contributed by atoms with Gasteiger partial charge in [-0.1, -0.05) is 0 Å². The van der Waals surface area contributed by atoms with Gasteiger partial charge in [-0.3, -0.25) is 5.43 Å². The van der Waals surface area contributed by atoms with Gasteiger partial charge in [-0.25, -0.2) is 10.6 Å². The van der Waals surface area contributed by atoms with Crippen molar-refractivity contribution in [3.8, 4) is 0 Å². The van der Waals surface area contributed by atoms with Crippen LogP contribution in [0, 0.1) is 0 Å². The monoisotopic (exact) mass is 154 g/mol. The third kappa shape index (κ3) is 2.30. The molecule has 0 spiro atoms. The largest absolute Gasteiger partial charge is 0.364 e. The maximum absolute atomic E-state index is 10.5. The third-order valence-corrected chi connectivity index (χ3v) is 1.23. The van der Waals surface area contributed by atoms with E-state index in [0.717, 1.165) is 5.69 Å². The molecule has 0 aliphatic carbocycles. The molecular formula is C6H10N4O. The summed E-state index contributed by atoms with van der Waals surface area (Å²) in [6.07, 6.45) is 1.79. The molecule has 5 nitrogen and oxygen atoms in total. The Kier molecular flexibility index (Phi) is 2.51. The van der Waals surface area contributed by atoms with E-state index < -0.39 is 0 Å². The zero-order valence-corrected chi connectivity index (χ0v) is 5.92. The molecule has 1 heterocycles. The zero-order chi connectivity index (χ0) is 8.10. The van der Waals surface area contributed by atoms with Crippen LogP contribution in [0.2, 0.25) is 0 Å². The summed E-state index contributed by atoms with van der Waals surface area (Å²) in [5.74, 6) is 4.84. The summed E-state index contributed by atoms with van der Waals surface area (Å²) in [6.45, 7) is 0.454. The third-order valence-electron chi connectivity index (χ3n) is 1.23. The lowest BCUT2D eigenvalue weighted by Gasteiger charge is -2.00. The van der Waals surface area contributed by atoms with Crippen molar-refractivity contribution >= 4 is 6.03 Å². The summed E-state index contributed by atoms with van der Waals surface area (Å²) >= 11 is 0. The van der Waals surface area contributed by atoms with Gasteiger partial charge < -0.3 is 10.3 Å². The Hall–Kier alpha value is -1.49. The van der Waals surface area contributed by atoms with Crippen molar-refractivity contribution in [2.75, 3.05) is 0 Å². The molecule has 5 heteroatoms. The van der Waals surface area contributed by atoms with Crippen molar-refractivity contribution in [1.29, 1.82) is 0 Å². The Morgan fingerprint density at radius 2 is 2.55 bits per heavy atom. The van der Waals surface area contributed by atoms with Crippen molar-refractivity contribution in [2.24, 2.45) is 5.84 Å². The van der Waals surface area contributed by atoms with Crippen LogP contribution >= 0.6 is 0 Å². The fraction of sp³-hybridized carbons (Fsp3) is 0.167. The number of carbonyl (C=O) groups is 1.